The summed E-state index contributed by atoms with van der Waals surface area (Å²) in [7, 11) is 4.82. The van der Waals surface area contributed by atoms with E-state index >= 15 is 0 Å². The quantitative estimate of drug-likeness (QED) is 0.310. The fraction of sp³-hybridized carbons (Fsp3) is 0.350. The number of guanidine groups is 1. The first-order valence-corrected chi connectivity index (χ1v) is 9.05. The highest BCUT2D eigenvalue weighted by Gasteiger charge is 2.12. The van der Waals surface area contributed by atoms with Gasteiger partial charge in [-0.3, -0.25) is 0 Å². The van der Waals surface area contributed by atoms with Gasteiger partial charge in [0, 0.05) is 29.7 Å². The molecule has 0 aromatic heterocycles. The summed E-state index contributed by atoms with van der Waals surface area (Å²) in [5, 5.41) is 7.25. The second kappa shape index (κ2) is 12.6. The van der Waals surface area contributed by atoms with Crippen molar-refractivity contribution in [1.29, 1.82) is 0 Å². The molecule has 2 N–H and O–H groups in total. The smallest absolute Gasteiger partial charge is 0.191 e. The van der Waals surface area contributed by atoms with Crippen molar-refractivity contribution in [2.45, 2.75) is 20.0 Å². The summed E-state index contributed by atoms with van der Waals surface area (Å²) >= 11 is 6.22. The Balaban J connectivity index is 0.00000392. The van der Waals surface area contributed by atoms with Crippen LogP contribution in [-0.4, -0.2) is 33.8 Å². The zero-order chi connectivity index (χ0) is 19.6. The molecule has 2 aromatic carbocycles. The maximum absolute atomic E-state index is 6.22. The first-order valence-electron chi connectivity index (χ1n) is 8.67. The lowest BCUT2D eigenvalue weighted by atomic mass is 10.1. The third-order valence-electron chi connectivity index (χ3n) is 3.94. The van der Waals surface area contributed by atoms with E-state index in [0.717, 1.165) is 22.7 Å². The lowest BCUT2D eigenvalue weighted by Crippen LogP contribution is -2.36. The fourth-order valence-electron chi connectivity index (χ4n) is 2.54. The topological polar surface area (TPSA) is 64.1 Å². The molecule has 0 saturated carbocycles. The molecule has 6 nitrogen and oxygen atoms in total. The molecular weight excluding hydrogens is 493 g/mol. The van der Waals surface area contributed by atoms with Crippen LogP contribution in [0.25, 0.3) is 0 Å². The van der Waals surface area contributed by atoms with Gasteiger partial charge in [0.15, 0.2) is 17.5 Å². The summed E-state index contributed by atoms with van der Waals surface area (Å²) in [5.41, 5.74) is 1.90. The van der Waals surface area contributed by atoms with Crippen LogP contribution in [0.15, 0.2) is 41.4 Å². The number of halogens is 2. The van der Waals surface area contributed by atoms with Gasteiger partial charge < -0.3 is 24.8 Å². The Morgan fingerprint density at radius 3 is 2.18 bits per heavy atom. The first-order chi connectivity index (χ1) is 13.1. The monoisotopic (exact) mass is 519 g/mol. The highest BCUT2D eigenvalue weighted by molar-refractivity contribution is 14.0. The van der Waals surface area contributed by atoms with Gasteiger partial charge in [-0.25, -0.2) is 4.99 Å². The molecule has 154 valence electrons. The van der Waals surface area contributed by atoms with Gasteiger partial charge in [-0.1, -0.05) is 29.8 Å². The largest absolute Gasteiger partial charge is 0.496 e. The molecule has 0 aliphatic heterocycles. The fourth-order valence-corrected chi connectivity index (χ4v) is 2.75. The standard InChI is InChI=1S/C20H26ClN3O3.HI/c1-5-22-20(23-12-14-8-6-7-9-16(14)21)24-13-15-10-18(26-3)19(27-4)11-17(15)25-2;/h6-11H,5,12-13H2,1-4H3,(H2,22,23,24);1H. The highest BCUT2D eigenvalue weighted by Crippen LogP contribution is 2.34. The van der Waals surface area contributed by atoms with Crippen LogP contribution >= 0.6 is 35.6 Å². The zero-order valence-corrected chi connectivity index (χ0v) is 19.6. The van der Waals surface area contributed by atoms with Crippen molar-refractivity contribution in [3.8, 4) is 17.2 Å². The van der Waals surface area contributed by atoms with Crippen molar-refractivity contribution in [2.24, 2.45) is 4.99 Å². The molecule has 0 atom stereocenters. The number of hydrogen-bond acceptors (Lipinski definition) is 4. The Kier molecular flexibility index (Phi) is 10.8. The molecule has 0 aliphatic rings. The van der Waals surface area contributed by atoms with E-state index in [2.05, 4.69) is 15.6 Å². The van der Waals surface area contributed by atoms with E-state index in [0.29, 0.717) is 36.3 Å². The molecular formula is C20H27ClIN3O3. The molecule has 0 fully saturated rings. The van der Waals surface area contributed by atoms with E-state index in [4.69, 9.17) is 25.8 Å². The molecule has 8 heteroatoms. The minimum atomic E-state index is 0. The SMILES string of the molecule is CCNC(=NCc1cc(OC)c(OC)cc1OC)NCc1ccccc1Cl.I. The van der Waals surface area contributed by atoms with Gasteiger partial charge in [0.25, 0.3) is 0 Å². The van der Waals surface area contributed by atoms with Crippen LogP contribution in [0.4, 0.5) is 0 Å². The molecule has 2 aromatic rings. The number of nitrogens with zero attached hydrogens (tertiary/aromatic N) is 1. The van der Waals surface area contributed by atoms with E-state index in [9.17, 15) is 0 Å². The molecule has 0 bridgehead atoms. The molecule has 0 spiro atoms. The predicted octanol–water partition coefficient (Wildman–Crippen LogP) is 4.24. The average Bonchev–Trinajstić information content (AvgIpc) is 2.70. The maximum Gasteiger partial charge on any atom is 0.191 e. The number of nitrogens with one attached hydrogen (secondary N) is 2. The molecule has 0 aliphatic carbocycles. The number of aliphatic imine (C=N–C) groups is 1. The van der Waals surface area contributed by atoms with Gasteiger partial charge in [0.2, 0.25) is 0 Å². The summed E-state index contributed by atoms with van der Waals surface area (Å²) in [6.07, 6.45) is 0. The van der Waals surface area contributed by atoms with E-state index in [1.807, 2.05) is 37.3 Å². The van der Waals surface area contributed by atoms with Gasteiger partial charge in [0.1, 0.15) is 5.75 Å². The van der Waals surface area contributed by atoms with Crippen molar-refractivity contribution < 1.29 is 14.2 Å². The molecule has 0 saturated heterocycles. The maximum atomic E-state index is 6.22. The zero-order valence-electron chi connectivity index (χ0n) is 16.5. The van der Waals surface area contributed by atoms with Crippen LogP contribution < -0.4 is 24.8 Å². The van der Waals surface area contributed by atoms with Crippen molar-refractivity contribution in [1.82, 2.24) is 10.6 Å². The van der Waals surface area contributed by atoms with E-state index < -0.39 is 0 Å². The summed E-state index contributed by atoms with van der Waals surface area (Å²) in [4.78, 5) is 4.64. The van der Waals surface area contributed by atoms with E-state index in [-0.39, 0.29) is 24.0 Å². The van der Waals surface area contributed by atoms with Crippen LogP contribution in [0.2, 0.25) is 5.02 Å². The van der Waals surface area contributed by atoms with Crippen LogP contribution in [0.5, 0.6) is 17.2 Å². The van der Waals surface area contributed by atoms with Crippen LogP contribution in [0, 0.1) is 0 Å². The highest BCUT2D eigenvalue weighted by atomic mass is 127. The van der Waals surface area contributed by atoms with Gasteiger partial charge in [-0.15, -0.1) is 24.0 Å². The Morgan fingerprint density at radius 2 is 1.57 bits per heavy atom. The summed E-state index contributed by atoms with van der Waals surface area (Å²) < 4.78 is 16.2. The molecule has 2 rings (SSSR count). The van der Waals surface area contributed by atoms with Gasteiger partial charge in [0.05, 0.1) is 27.9 Å². The normalized spacial score (nSPS) is 10.7. The third kappa shape index (κ3) is 6.63. The molecule has 0 radical (unpaired) electrons. The predicted molar refractivity (Wildman–Crippen MR) is 125 cm³/mol. The minimum Gasteiger partial charge on any atom is -0.496 e. The number of rotatable bonds is 8. The number of ether oxygens (including phenoxy) is 3. The lowest BCUT2D eigenvalue weighted by molar-refractivity contribution is 0.347. The molecule has 28 heavy (non-hydrogen) atoms. The van der Waals surface area contributed by atoms with Crippen molar-refractivity contribution >= 4 is 41.5 Å². The Hall–Kier alpha value is -1.87. The number of hydrogen-bond donors (Lipinski definition) is 2. The summed E-state index contributed by atoms with van der Waals surface area (Å²) in [6, 6.07) is 11.4. The second-order valence-electron chi connectivity index (χ2n) is 5.66. The molecule has 0 heterocycles. The van der Waals surface area contributed by atoms with E-state index in [1.54, 1.807) is 27.4 Å². The van der Waals surface area contributed by atoms with Gasteiger partial charge in [-0.2, -0.15) is 0 Å². The third-order valence-corrected chi connectivity index (χ3v) is 4.31. The minimum absolute atomic E-state index is 0. The van der Waals surface area contributed by atoms with E-state index in [1.165, 1.54) is 0 Å². The first kappa shape index (κ1) is 24.2. The average molecular weight is 520 g/mol. The van der Waals surface area contributed by atoms with Crippen molar-refractivity contribution in [3.63, 3.8) is 0 Å². The van der Waals surface area contributed by atoms with Crippen molar-refractivity contribution in [3.05, 3.63) is 52.5 Å². The molecule has 0 unspecified atom stereocenters. The Morgan fingerprint density at radius 1 is 0.929 bits per heavy atom. The number of methoxy groups -OCH3 is 3. The number of benzene rings is 2. The molecule has 0 amide bonds. The Labute approximate surface area is 188 Å². The van der Waals surface area contributed by atoms with Crippen LogP contribution in [0.1, 0.15) is 18.1 Å². The Bertz CT molecular complexity index is 787. The second-order valence-corrected chi connectivity index (χ2v) is 6.07. The van der Waals surface area contributed by atoms with Gasteiger partial charge in [-0.05, 0) is 24.6 Å². The lowest BCUT2D eigenvalue weighted by Gasteiger charge is -2.15. The van der Waals surface area contributed by atoms with Crippen LogP contribution in [0.3, 0.4) is 0 Å². The van der Waals surface area contributed by atoms with Crippen LogP contribution in [-0.2, 0) is 13.1 Å². The summed E-state index contributed by atoms with van der Waals surface area (Å²) in [6.45, 7) is 3.76. The summed E-state index contributed by atoms with van der Waals surface area (Å²) in [5.74, 6) is 2.64. The van der Waals surface area contributed by atoms with Gasteiger partial charge >= 0.3 is 0 Å². The van der Waals surface area contributed by atoms with Crippen molar-refractivity contribution in [2.75, 3.05) is 27.9 Å².